The number of rotatable bonds is 6. The molecule has 0 saturated carbocycles. The SMILES string of the molecule is CSCCc1ccccc1NS(=O)(=O)c1c2c(nn1C)CCCC2. The molecule has 5 nitrogen and oxygen atoms in total. The third-order valence-corrected chi connectivity index (χ3v) is 6.47. The molecular weight excluding hydrogens is 342 g/mol. The van der Waals surface area contributed by atoms with Gasteiger partial charge >= 0.3 is 0 Å². The van der Waals surface area contributed by atoms with Crippen molar-refractivity contribution in [1.29, 1.82) is 0 Å². The van der Waals surface area contributed by atoms with E-state index in [1.165, 1.54) is 4.68 Å². The summed E-state index contributed by atoms with van der Waals surface area (Å²) in [5, 5.41) is 4.74. The molecule has 2 aromatic rings. The minimum Gasteiger partial charge on any atom is -0.278 e. The van der Waals surface area contributed by atoms with Crippen molar-refractivity contribution in [3.05, 3.63) is 41.1 Å². The van der Waals surface area contributed by atoms with Gasteiger partial charge in [-0.1, -0.05) is 18.2 Å². The Morgan fingerprint density at radius 2 is 2.00 bits per heavy atom. The van der Waals surface area contributed by atoms with Gasteiger partial charge in [-0.3, -0.25) is 9.40 Å². The topological polar surface area (TPSA) is 64.0 Å². The average molecular weight is 366 g/mol. The Bertz CT molecular complexity index is 828. The lowest BCUT2D eigenvalue weighted by Crippen LogP contribution is -2.19. The number of nitrogens with zero attached hydrogens (tertiary/aromatic N) is 2. The number of aryl methyl sites for hydroxylation is 3. The predicted octanol–water partition coefficient (Wildman–Crippen LogP) is 3.01. The summed E-state index contributed by atoms with van der Waals surface area (Å²) in [4.78, 5) is 0. The molecule has 1 aromatic carbocycles. The molecule has 7 heteroatoms. The minimum atomic E-state index is -3.65. The summed E-state index contributed by atoms with van der Waals surface area (Å²) in [6, 6.07) is 7.61. The molecule has 3 rings (SSSR count). The van der Waals surface area contributed by atoms with E-state index in [0.29, 0.717) is 10.7 Å². The molecule has 24 heavy (non-hydrogen) atoms. The summed E-state index contributed by atoms with van der Waals surface area (Å²) < 4.78 is 30.3. The van der Waals surface area contributed by atoms with Crippen molar-refractivity contribution in [1.82, 2.24) is 9.78 Å². The van der Waals surface area contributed by atoms with E-state index in [9.17, 15) is 8.42 Å². The maximum atomic E-state index is 13.0. The lowest BCUT2D eigenvalue weighted by atomic mass is 9.99. The number of fused-ring (bicyclic) bond motifs is 1. The molecule has 1 aromatic heterocycles. The molecule has 130 valence electrons. The van der Waals surface area contributed by atoms with E-state index in [1.807, 2.05) is 24.3 Å². The van der Waals surface area contributed by atoms with Crippen molar-refractivity contribution in [2.24, 2.45) is 7.05 Å². The Labute approximate surface area is 147 Å². The Kier molecular flexibility index (Phi) is 5.20. The second-order valence-electron chi connectivity index (χ2n) is 6.07. The maximum Gasteiger partial charge on any atom is 0.279 e. The van der Waals surface area contributed by atoms with Gasteiger partial charge in [-0.05, 0) is 55.7 Å². The smallest absolute Gasteiger partial charge is 0.278 e. The number of aromatic nitrogens is 2. The van der Waals surface area contributed by atoms with Crippen LogP contribution in [0.3, 0.4) is 0 Å². The monoisotopic (exact) mass is 365 g/mol. The van der Waals surface area contributed by atoms with Crippen LogP contribution in [-0.4, -0.2) is 30.2 Å². The number of anilines is 1. The van der Waals surface area contributed by atoms with Crippen molar-refractivity contribution in [3.63, 3.8) is 0 Å². The quantitative estimate of drug-likeness (QED) is 0.855. The second kappa shape index (κ2) is 7.19. The van der Waals surface area contributed by atoms with Crippen LogP contribution in [0.5, 0.6) is 0 Å². The van der Waals surface area contributed by atoms with Gasteiger partial charge in [0, 0.05) is 12.6 Å². The fourth-order valence-corrected chi connectivity index (χ4v) is 5.17. The normalized spacial score (nSPS) is 14.4. The first-order valence-corrected chi connectivity index (χ1v) is 11.0. The van der Waals surface area contributed by atoms with Gasteiger partial charge < -0.3 is 0 Å². The van der Waals surface area contributed by atoms with Crippen molar-refractivity contribution < 1.29 is 8.42 Å². The molecule has 0 unspecified atom stereocenters. The van der Waals surface area contributed by atoms with Crippen molar-refractivity contribution in [3.8, 4) is 0 Å². The summed E-state index contributed by atoms with van der Waals surface area (Å²) in [7, 11) is -1.93. The third kappa shape index (κ3) is 3.47. The molecule has 1 heterocycles. The number of hydrogen-bond donors (Lipinski definition) is 1. The average Bonchev–Trinajstić information content (AvgIpc) is 2.90. The zero-order valence-electron chi connectivity index (χ0n) is 14.1. The highest BCUT2D eigenvalue weighted by Crippen LogP contribution is 2.29. The van der Waals surface area contributed by atoms with Crippen molar-refractivity contribution in [2.75, 3.05) is 16.7 Å². The van der Waals surface area contributed by atoms with E-state index < -0.39 is 10.0 Å². The molecule has 1 aliphatic carbocycles. The Hall–Kier alpha value is -1.47. The van der Waals surface area contributed by atoms with Gasteiger partial charge in [0.25, 0.3) is 10.0 Å². The molecule has 0 aliphatic heterocycles. The first-order valence-electron chi connectivity index (χ1n) is 8.17. The number of para-hydroxylation sites is 1. The molecule has 0 radical (unpaired) electrons. The van der Waals surface area contributed by atoms with E-state index in [-0.39, 0.29) is 0 Å². The number of benzene rings is 1. The largest absolute Gasteiger partial charge is 0.279 e. The van der Waals surface area contributed by atoms with Gasteiger partial charge in [-0.2, -0.15) is 25.3 Å². The fourth-order valence-electron chi connectivity index (χ4n) is 3.23. The number of hydrogen-bond acceptors (Lipinski definition) is 4. The number of sulfonamides is 1. The Morgan fingerprint density at radius 1 is 1.25 bits per heavy atom. The summed E-state index contributed by atoms with van der Waals surface area (Å²) in [6.07, 6.45) is 6.63. The van der Waals surface area contributed by atoms with Crippen LogP contribution < -0.4 is 4.72 Å². The van der Waals surface area contributed by atoms with Crippen molar-refractivity contribution in [2.45, 2.75) is 37.1 Å². The molecule has 0 amide bonds. The highest BCUT2D eigenvalue weighted by Gasteiger charge is 2.28. The highest BCUT2D eigenvalue weighted by atomic mass is 32.2. The van der Waals surface area contributed by atoms with Gasteiger partial charge in [0.2, 0.25) is 0 Å². The zero-order valence-corrected chi connectivity index (χ0v) is 15.7. The first-order chi connectivity index (χ1) is 11.5. The zero-order chi connectivity index (χ0) is 17.2. The molecule has 1 aliphatic rings. The summed E-state index contributed by atoms with van der Waals surface area (Å²) in [6.45, 7) is 0. The van der Waals surface area contributed by atoms with Crippen LogP contribution in [-0.2, 0) is 36.3 Å². The molecule has 0 fully saturated rings. The van der Waals surface area contributed by atoms with Gasteiger partial charge in [0.1, 0.15) is 0 Å². The predicted molar refractivity (Wildman–Crippen MR) is 99.2 cm³/mol. The van der Waals surface area contributed by atoms with Gasteiger partial charge in [0.05, 0.1) is 11.4 Å². The first kappa shape index (κ1) is 17.4. The summed E-state index contributed by atoms with van der Waals surface area (Å²) in [5.41, 5.74) is 3.50. The van der Waals surface area contributed by atoms with Crippen molar-refractivity contribution >= 4 is 27.5 Å². The fraction of sp³-hybridized carbons (Fsp3) is 0.471. The van der Waals surface area contributed by atoms with Crippen LogP contribution >= 0.6 is 11.8 Å². The van der Waals surface area contributed by atoms with Gasteiger partial charge in [-0.15, -0.1) is 0 Å². The van der Waals surface area contributed by atoms with Gasteiger partial charge in [0.15, 0.2) is 5.03 Å². The minimum absolute atomic E-state index is 0.317. The van der Waals surface area contributed by atoms with E-state index in [2.05, 4.69) is 16.1 Å². The molecule has 0 atom stereocenters. The number of thioether (sulfide) groups is 1. The standard InChI is InChI=1S/C17H23N3O2S2/c1-20-17(14-8-4-6-10-16(14)18-20)24(21,22)19-15-9-5-3-7-13(15)11-12-23-2/h3,5,7,9,19H,4,6,8,10-12H2,1-2H3. The molecule has 0 bridgehead atoms. The van der Waals surface area contributed by atoms with E-state index >= 15 is 0 Å². The van der Waals surface area contributed by atoms with Crippen LogP contribution in [0.2, 0.25) is 0 Å². The van der Waals surface area contributed by atoms with E-state index in [0.717, 1.165) is 54.7 Å². The van der Waals surface area contributed by atoms with Crippen LogP contribution in [0.4, 0.5) is 5.69 Å². The second-order valence-corrected chi connectivity index (χ2v) is 8.65. The number of nitrogens with one attached hydrogen (secondary N) is 1. The lowest BCUT2D eigenvalue weighted by molar-refractivity contribution is 0.579. The van der Waals surface area contributed by atoms with Crippen LogP contribution in [0.25, 0.3) is 0 Å². The van der Waals surface area contributed by atoms with Crippen LogP contribution in [0, 0.1) is 0 Å². The Balaban J connectivity index is 1.94. The lowest BCUT2D eigenvalue weighted by Gasteiger charge is -2.15. The van der Waals surface area contributed by atoms with E-state index in [4.69, 9.17) is 0 Å². The highest BCUT2D eigenvalue weighted by molar-refractivity contribution is 7.98. The van der Waals surface area contributed by atoms with Crippen LogP contribution in [0.15, 0.2) is 29.3 Å². The van der Waals surface area contributed by atoms with Gasteiger partial charge in [-0.25, -0.2) is 0 Å². The third-order valence-electron chi connectivity index (χ3n) is 4.35. The summed E-state index contributed by atoms with van der Waals surface area (Å²) >= 11 is 1.75. The maximum absolute atomic E-state index is 13.0. The summed E-state index contributed by atoms with van der Waals surface area (Å²) in [5.74, 6) is 0.958. The molecule has 0 spiro atoms. The van der Waals surface area contributed by atoms with Crippen LogP contribution in [0.1, 0.15) is 29.7 Å². The Morgan fingerprint density at radius 3 is 2.79 bits per heavy atom. The molecule has 0 saturated heterocycles. The molecule has 1 N–H and O–H groups in total. The molecular formula is C17H23N3O2S2. The van der Waals surface area contributed by atoms with E-state index in [1.54, 1.807) is 18.8 Å².